The number of alkyl halides is 3. The third-order valence-electron chi connectivity index (χ3n) is 3.90. The maximum Gasteiger partial charge on any atom is 0.434 e. The molecule has 2 amide bonds. The Kier molecular flexibility index (Phi) is 4.60. The average Bonchev–Trinajstić information content (AvgIpc) is 2.99. The van der Waals surface area contributed by atoms with Crippen molar-refractivity contribution < 1.29 is 22.4 Å². The fraction of sp³-hybridized carbons (Fsp3) is 0.400. The number of aryl methyl sites for hydroxylation is 1. The summed E-state index contributed by atoms with van der Waals surface area (Å²) in [6.45, 7) is 0.652. The van der Waals surface area contributed by atoms with Gasteiger partial charge in [0.05, 0.1) is 6.20 Å². The third-order valence-corrected chi connectivity index (χ3v) is 3.90. The van der Waals surface area contributed by atoms with E-state index in [1.165, 1.54) is 16.7 Å². The van der Waals surface area contributed by atoms with Gasteiger partial charge in [-0.2, -0.15) is 13.2 Å². The van der Waals surface area contributed by atoms with Gasteiger partial charge in [0.15, 0.2) is 5.69 Å². The number of anilines is 1. The molecule has 0 unspecified atom stereocenters. The monoisotopic (exact) mass is 357 g/mol. The average molecular weight is 357 g/mol. The lowest BCUT2D eigenvalue weighted by molar-refractivity contribution is -0.141. The van der Waals surface area contributed by atoms with E-state index in [1.54, 1.807) is 0 Å². The second kappa shape index (κ2) is 6.69. The number of amides is 2. The van der Waals surface area contributed by atoms with Gasteiger partial charge >= 0.3 is 12.2 Å². The van der Waals surface area contributed by atoms with Crippen LogP contribution in [-0.4, -0.2) is 27.1 Å². The topological polar surface area (TPSA) is 71.8 Å². The SMILES string of the molecule is O=C(NC[C@H]1CCc2nc(C(F)(F)F)cn2C1)Nc1ccc(F)cn1. The number of rotatable bonds is 3. The van der Waals surface area contributed by atoms with E-state index in [0.29, 0.717) is 31.8 Å². The summed E-state index contributed by atoms with van der Waals surface area (Å²) in [5.41, 5.74) is -0.892. The van der Waals surface area contributed by atoms with E-state index >= 15 is 0 Å². The summed E-state index contributed by atoms with van der Waals surface area (Å²) in [5.74, 6) is 0.0926. The molecule has 2 aromatic heterocycles. The van der Waals surface area contributed by atoms with Crippen LogP contribution in [0.25, 0.3) is 0 Å². The van der Waals surface area contributed by atoms with E-state index in [2.05, 4.69) is 20.6 Å². The summed E-state index contributed by atoms with van der Waals surface area (Å²) in [6.07, 6.45) is -1.42. The largest absolute Gasteiger partial charge is 0.434 e. The molecule has 0 radical (unpaired) electrons. The van der Waals surface area contributed by atoms with Crippen molar-refractivity contribution in [2.45, 2.75) is 25.6 Å². The molecule has 25 heavy (non-hydrogen) atoms. The van der Waals surface area contributed by atoms with Gasteiger partial charge in [0, 0.05) is 25.7 Å². The Hall–Kier alpha value is -2.65. The summed E-state index contributed by atoms with van der Waals surface area (Å²) in [4.78, 5) is 19.1. The fourth-order valence-electron chi connectivity index (χ4n) is 2.67. The fourth-order valence-corrected chi connectivity index (χ4v) is 2.67. The minimum absolute atomic E-state index is 0.00490. The van der Waals surface area contributed by atoms with Gasteiger partial charge in [-0.15, -0.1) is 0 Å². The Morgan fingerprint density at radius 1 is 1.36 bits per heavy atom. The van der Waals surface area contributed by atoms with Gasteiger partial charge in [-0.1, -0.05) is 0 Å². The maximum absolute atomic E-state index is 12.7. The summed E-state index contributed by atoms with van der Waals surface area (Å²) >= 11 is 0. The first-order valence-electron chi connectivity index (χ1n) is 7.61. The van der Waals surface area contributed by atoms with Crippen molar-refractivity contribution in [2.24, 2.45) is 5.92 Å². The molecule has 1 aliphatic rings. The number of hydrogen-bond donors (Lipinski definition) is 2. The molecule has 0 bridgehead atoms. The van der Waals surface area contributed by atoms with Crippen LogP contribution in [0.5, 0.6) is 0 Å². The first-order valence-corrected chi connectivity index (χ1v) is 7.61. The lowest BCUT2D eigenvalue weighted by atomic mass is 9.99. The number of halogens is 4. The number of hydrogen-bond acceptors (Lipinski definition) is 3. The van der Waals surface area contributed by atoms with Crippen LogP contribution >= 0.6 is 0 Å². The Morgan fingerprint density at radius 3 is 2.84 bits per heavy atom. The van der Waals surface area contributed by atoms with Gasteiger partial charge < -0.3 is 9.88 Å². The quantitative estimate of drug-likeness (QED) is 0.830. The number of nitrogens with zero attached hydrogens (tertiary/aromatic N) is 3. The number of fused-ring (bicyclic) bond motifs is 1. The highest BCUT2D eigenvalue weighted by Crippen LogP contribution is 2.30. The van der Waals surface area contributed by atoms with E-state index in [0.717, 1.165) is 12.4 Å². The van der Waals surface area contributed by atoms with E-state index in [9.17, 15) is 22.4 Å². The predicted octanol–water partition coefficient (Wildman–Crippen LogP) is 2.82. The highest BCUT2D eigenvalue weighted by atomic mass is 19.4. The zero-order chi connectivity index (χ0) is 18.0. The molecule has 2 N–H and O–H groups in total. The number of imidazole rings is 1. The van der Waals surface area contributed by atoms with Crippen molar-refractivity contribution in [3.05, 3.63) is 41.9 Å². The number of pyridine rings is 1. The van der Waals surface area contributed by atoms with Crippen molar-refractivity contribution in [1.82, 2.24) is 19.9 Å². The molecule has 0 fully saturated rings. The van der Waals surface area contributed by atoms with Crippen LogP contribution in [0.1, 0.15) is 17.9 Å². The molecule has 2 aromatic rings. The van der Waals surface area contributed by atoms with E-state index < -0.39 is 23.7 Å². The molecule has 0 saturated carbocycles. The molecule has 10 heteroatoms. The van der Waals surface area contributed by atoms with Gasteiger partial charge in [0.1, 0.15) is 17.5 Å². The van der Waals surface area contributed by atoms with Gasteiger partial charge in [0.2, 0.25) is 0 Å². The van der Waals surface area contributed by atoms with E-state index in [1.807, 2.05) is 0 Å². The molecule has 1 aliphatic heterocycles. The normalized spacial score (nSPS) is 17.0. The van der Waals surface area contributed by atoms with Crippen LogP contribution in [0.15, 0.2) is 24.5 Å². The number of urea groups is 1. The summed E-state index contributed by atoms with van der Waals surface area (Å²) in [5, 5.41) is 5.10. The lowest BCUT2D eigenvalue weighted by Crippen LogP contribution is -2.36. The molecule has 1 atom stereocenters. The summed E-state index contributed by atoms with van der Waals surface area (Å²) in [6, 6.07) is 1.99. The van der Waals surface area contributed by atoms with Crippen molar-refractivity contribution in [3.63, 3.8) is 0 Å². The molecule has 0 aromatic carbocycles. The lowest BCUT2D eigenvalue weighted by Gasteiger charge is -2.23. The number of carbonyl (C=O) groups excluding carboxylic acids is 1. The first kappa shape index (κ1) is 17.2. The highest BCUT2D eigenvalue weighted by Gasteiger charge is 2.35. The van der Waals surface area contributed by atoms with Gasteiger partial charge in [-0.25, -0.2) is 19.2 Å². The Labute approximate surface area is 140 Å². The van der Waals surface area contributed by atoms with E-state index in [-0.39, 0.29) is 11.7 Å². The van der Waals surface area contributed by atoms with E-state index in [4.69, 9.17) is 0 Å². The molecule has 0 saturated heterocycles. The van der Waals surface area contributed by atoms with Crippen LogP contribution in [0.3, 0.4) is 0 Å². The summed E-state index contributed by atoms with van der Waals surface area (Å²) < 4.78 is 52.3. The molecular formula is C15H15F4N5O. The standard InChI is InChI=1S/C15H15F4N5O/c16-10-2-3-12(20-6-10)23-14(25)21-5-9-1-4-13-22-11(15(17,18)19)8-24(13)7-9/h2-3,6,8-9H,1,4-5,7H2,(H2,20,21,23,25)/t9-/m1/s1. The number of aromatic nitrogens is 3. The Morgan fingerprint density at radius 2 is 2.16 bits per heavy atom. The minimum Gasteiger partial charge on any atom is -0.337 e. The molecule has 3 heterocycles. The van der Waals surface area contributed by atoms with Crippen LogP contribution < -0.4 is 10.6 Å². The zero-order valence-corrected chi connectivity index (χ0v) is 13.0. The minimum atomic E-state index is -4.46. The molecule has 0 spiro atoms. The highest BCUT2D eigenvalue weighted by molar-refractivity contribution is 5.88. The smallest absolute Gasteiger partial charge is 0.337 e. The Balaban J connectivity index is 1.52. The van der Waals surface area contributed by atoms with Crippen LogP contribution in [0.4, 0.5) is 28.2 Å². The third kappa shape index (κ3) is 4.25. The van der Waals surface area contributed by atoms with Crippen molar-refractivity contribution in [1.29, 1.82) is 0 Å². The molecule has 0 aliphatic carbocycles. The molecular weight excluding hydrogens is 342 g/mol. The Bertz CT molecular complexity index is 756. The summed E-state index contributed by atoms with van der Waals surface area (Å²) in [7, 11) is 0. The first-order chi connectivity index (χ1) is 11.8. The molecule has 6 nitrogen and oxygen atoms in total. The second-order valence-electron chi connectivity index (χ2n) is 5.79. The molecule has 134 valence electrons. The van der Waals surface area contributed by atoms with Crippen LogP contribution in [-0.2, 0) is 19.1 Å². The second-order valence-corrected chi connectivity index (χ2v) is 5.79. The van der Waals surface area contributed by atoms with Crippen molar-refractivity contribution in [2.75, 3.05) is 11.9 Å². The van der Waals surface area contributed by atoms with Crippen molar-refractivity contribution >= 4 is 11.8 Å². The predicted molar refractivity (Wildman–Crippen MR) is 80.3 cm³/mol. The van der Waals surface area contributed by atoms with Gasteiger partial charge in [0.25, 0.3) is 0 Å². The van der Waals surface area contributed by atoms with Crippen LogP contribution in [0.2, 0.25) is 0 Å². The molecule has 3 rings (SSSR count). The van der Waals surface area contributed by atoms with Crippen LogP contribution in [0, 0.1) is 11.7 Å². The maximum atomic E-state index is 12.7. The number of nitrogens with one attached hydrogen (secondary N) is 2. The van der Waals surface area contributed by atoms with Gasteiger partial charge in [-0.05, 0) is 24.5 Å². The van der Waals surface area contributed by atoms with Crippen molar-refractivity contribution in [3.8, 4) is 0 Å². The number of carbonyl (C=O) groups is 1. The van der Waals surface area contributed by atoms with Gasteiger partial charge in [-0.3, -0.25) is 5.32 Å². The zero-order valence-electron chi connectivity index (χ0n) is 13.0.